The first-order valence-corrected chi connectivity index (χ1v) is 8.92. The van der Waals surface area contributed by atoms with Gasteiger partial charge in [0.1, 0.15) is 5.58 Å². The molecular weight excluding hydrogens is 302 g/mol. The smallest absolute Gasteiger partial charge is 0.224 e. The van der Waals surface area contributed by atoms with E-state index in [1.807, 2.05) is 0 Å². The van der Waals surface area contributed by atoms with Gasteiger partial charge in [-0.3, -0.25) is 4.79 Å². The standard InChI is InChI=1S/C20H27NO3/c1-12(2)17-10-18-14(11-24-19(18)8-13(17)3)9-20(23)21-15-4-6-16(22)7-5-15/h8,10-12,15-16,22H,4-7,9H2,1-3H3,(H,21,23). The second-order valence-electron chi connectivity index (χ2n) is 7.37. The average Bonchev–Trinajstić information content (AvgIpc) is 2.90. The van der Waals surface area contributed by atoms with Crippen molar-refractivity contribution < 1.29 is 14.3 Å². The summed E-state index contributed by atoms with van der Waals surface area (Å²) in [6.07, 6.45) is 5.11. The Hall–Kier alpha value is -1.81. The molecule has 4 heteroatoms. The van der Waals surface area contributed by atoms with E-state index in [-0.39, 0.29) is 18.1 Å². The Morgan fingerprint density at radius 2 is 2.00 bits per heavy atom. The van der Waals surface area contributed by atoms with Crippen LogP contribution in [-0.2, 0) is 11.2 Å². The van der Waals surface area contributed by atoms with E-state index in [2.05, 4.69) is 38.2 Å². The molecule has 1 aromatic carbocycles. The molecule has 0 unspecified atom stereocenters. The fourth-order valence-electron chi connectivity index (χ4n) is 3.68. The van der Waals surface area contributed by atoms with Crippen molar-refractivity contribution in [1.29, 1.82) is 0 Å². The minimum atomic E-state index is -0.200. The fourth-order valence-corrected chi connectivity index (χ4v) is 3.68. The summed E-state index contributed by atoms with van der Waals surface area (Å²) in [6, 6.07) is 4.42. The Morgan fingerprint density at radius 3 is 2.67 bits per heavy atom. The molecule has 1 saturated carbocycles. The van der Waals surface area contributed by atoms with Crippen LogP contribution in [0.1, 0.15) is 62.1 Å². The van der Waals surface area contributed by atoms with Crippen LogP contribution in [-0.4, -0.2) is 23.2 Å². The summed E-state index contributed by atoms with van der Waals surface area (Å²) in [4.78, 5) is 12.4. The van der Waals surface area contributed by atoms with Gasteiger partial charge in [-0.2, -0.15) is 0 Å². The molecular formula is C20H27NO3. The molecule has 0 bridgehead atoms. The summed E-state index contributed by atoms with van der Waals surface area (Å²) in [5.41, 5.74) is 4.32. The topological polar surface area (TPSA) is 62.5 Å². The van der Waals surface area contributed by atoms with Crippen molar-refractivity contribution in [2.45, 2.75) is 70.9 Å². The van der Waals surface area contributed by atoms with Crippen molar-refractivity contribution in [2.24, 2.45) is 0 Å². The molecule has 1 fully saturated rings. The van der Waals surface area contributed by atoms with Gasteiger partial charge in [0.05, 0.1) is 18.8 Å². The molecule has 1 aliphatic rings. The highest BCUT2D eigenvalue weighted by Gasteiger charge is 2.21. The summed E-state index contributed by atoms with van der Waals surface area (Å²) in [6.45, 7) is 6.46. The van der Waals surface area contributed by atoms with Crippen LogP contribution in [0.3, 0.4) is 0 Å². The normalized spacial score (nSPS) is 21.4. The molecule has 4 nitrogen and oxygen atoms in total. The number of aryl methyl sites for hydroxylation is 1. The number of fused-ring (bicyclic) bond motifs is 1. The highest BCUT2D eigenvalue weighted by Crippen LogP contribution is 2.29. The zero-order valence-electron chi connectivity index (χ0n) is 14.8. The Kier molecular flexibility index (Phi) is 4.95. The van der Waals surface area contributed by atoms with Crippen LogP contribution in [0.5, 0.6) is 0 Å². The first-order chi connectivity index (χ1) is 11.4. The number of hydrogen-bond donors (Lipinski definition) is 2. The maximum absolute atomic E-state index is 12.4. The number of aliphatic hydroxyl groups excluding tert-OH is 1. The average molecular weight is 329 g/mol. The molecule has 2 aromatic rings. The lowest BCUT2D eigenvalue weighted by atomic mass is 9.93. The van der Waals surface area contributed by atoms with Crippen LogP contribution in [0.25, 0.3) is 11.0 Å². The Morgan fingerprint density at radius 1 is 1.29 bits per heavy atom. The van der Waals surface area contributed by atoms with Crippen molar-refractivity contribution in [2.75, 3.05) is 0 Å². The number of aliphatic hydroxyl groups is 1. The first kappa shape index (κ1) is 17.0. The van der Waals surface area contributed by atoms with Crippen molar-refractivity contribution in [3.05, 3.63) is 35.1 Å². The lowest BCUT2D eigenvalue weighted by Crippen LogP contribution is -2.39. The van der Waals surface area contributed by atoms with Crippen molar-refractivity contribution in [1.82, 2.24) is 5.32 Å². The van der Waals surface area contributed by atoms with Gasteiger partial charge in [0.15, 0.2) is 0 Å². The Balaban J connectivity index is 1.72. The number of carbonyl (C=O) groups is 1. The summed E-state index contributed by atoms with van der Waals surface area (Å²) in [7, 11) is 0. The molecule has 2 N–H and O–H groups in total. The monoisotopic (exact) mass is 329 g/mol. The number of rotatable bonds is 4. The summed E-state index contributed by atoms with van der Waals surface area (Å²) >= 11 is 0. The largest absolute Gasteiger partial charge is 0.464 e. The number of furan rings is 1. The van der Waals surface area contributed by atoms with Gasteiger partial charge in [0.2, 0.25) is 5.91 Å². The first-order valence-electron chi connectivity index (χ1n) is 8.92. The number of hydrogen-bond acceptors (Lipinski definition) is 3. The molecule has 0 aliphatic heterocycles. The van der Waals surface area contributed by atoms with Crippen LogP contribution in [0.2, 0.25) is 0 Å². The van der Waals surface area contributed by atoms with Crippen molar-refractivity contribution in [3.63, 3.8) is 0 Å². The second-order valence-corrected chi connectivity index (χ2v) is 7.37. The van der Waals surface area contributed by atoms with Crippen LogP contribution in [0.4, 0.5) is 0 Å². The minimum absolute atomic E-state index is 0.0331. The third-order valence-corrected chi connectivity index (χ3v) is 5.08. The Bertz CT molecular complexity index is 724. The predicted octanol–water partition coefficient (Wildman–Crippen LogP) is 3.83. The summed E-state index contributed by atoms with van der Waals surface area (Å²) < 4.78 is 5.66. The quantitative estimate of drug-likeness (QED) is 0.896. The lowest BCUT2D eigenvalue weighted by Gasteiger charge is -2.26. The van der Waals surface area contributed by atoms with Gasteiger partial charge >= 0.3 is 0 Å². The second kappa shape index (κ2) is 6.98. The lowest BCUT2D eigenvalue weighted by molar-refractivity contribution is -0.121. The van der Waals surface area contributed by atoms with E-state index in [0.717, 1.165) is 42.2 Å². The maximum atomic E-state index is 12.4. The van der Waals surface area contributed by atoms with E-state index in [1.165, 1.54) is 11.1 Å². The SMILES string of the molecule is Cc1cc2occ(CC(=O)NC3CCC(O)CC3)c2cc1C(C)C. The molecule has 0 radical (unpaired) electrons. The van der Waals surface area contributed by atoms with E-state index in [1.54, 1.807) is 6.26 Å². The minimum Gasteiger partial charge on any atom is -0.464 e. The molecule has 1 aromatic heterocycles. The molecule has 24 heavy (non-hydrogen) atoms. The van der Waals surface area contributed by atoms with Crippen LogP contribution >= 0.6 is 0 Å². The summed E-state index contributed by atoms with van der Waals surface area (Å²) in [5.74, 6) is 0.477. The van der Waals surface area contributed by atoms with Gasteiger partial charge in [-0.25, -0.2) is 0 Å². The molecule has 1 amide bonds. The van der Waals surface area contributed by atoms with Crippen molar-refractivity contribution >= 4 is 16.9 Å². The van der Waals surface area contributed by atoms with E-state index in [0.29, 0.717) is 12.3 Å². The van der Waals surface area contributed by atoms with Gasteiger partial charge in [-0.15, -0.1) is 0 Å². The molecule has 130 valence electrons. The molecule has 1 heterocycles. The molecule has 3 rings (SSSR count). The van der Waals surface area contributed by atoms with E-state index in [4.69, 9.17) is 4.42 Å². The maximum Gasteiger partial charge on any atom is 0.224 e. The third kappa shape index (κ3) is 3.64. The predicted molar refractivity (Wildman–Crippen MR) is 95.1 cm³/mol. The van der Waals surface area contributed by atoms with Crippen molar-refractivity contribution in [3.8, 4) is 0 Å². The van der Waals surface area contributed by atoms with E-state index < -0.39 is 0 Å². The summed E-state index contributed by atoms with van der Waals surface area (Å²) in [5, 5.41) is 13.7. The Labute approximate surface area is 143 Å². The van der Waals surface area contributed by atoms with Crippen LogP contribution in [0, 0.1) is 6.92 Å². The van der Waals surface area contributed by atoms with E-state index >= 15 is 0 Å². The van der Waals surface area contributed by atoms with Gasteiger partial charge < -0.3 is 14.8 Å². The number of benzene rings is 1. The van der Waals surface area contributed by atoms with Gasteiger partial charge in [0, 0.05) is 17.0 Å². The highest BCUT2D eigenvalue weighted by atomic mass is 16.3. The van der Waals surface area contributed by atoms with Gasteiger partial charge in [-0.05, 0) is 61.8 Å². The molecule has 0 atom stereocenters. The number of carbonyl (C=O) groups excluding carboxylic acids is 1. The van der Waals surface area contributed by atoms with E-state index in [9.17, 15) is 9.90 Å². The third-order valence-electron chi connectivity index (χ3n) is 5.08. The molecule has 0 saturated heterocycles. The van der Waals surface area contributed by atoms with Gasteiger partial charge in [-0.1, -0.05) is 13.8 Å². The fraction of sp³-hybridized carbons (Fsp3) is 0.550. The zero-order chi connectivity index (χ0) is 17.3. The molecule has 0 spiro atoms. The molecule has 1 aliphatic carbocycles. The number of nitrogens with one attached hydrogen (secondary N) is 1. The number of amides is 1. The highest BCUT2D eigenvalue weighted by molar-refractivity contribution is 5.88. The zero-order valence-corrected chi connectivity index (χ0v) is 14.8. The van der Waals surface area contributed by atoms with Crippen LogP contribution in [0.15, 0.2) is 22.8 Å². The van der Waals surface area contributed by atoms with Gasteiger partial charge in [0.25, 0.3) is 0 Å². The van der Waals surface area contributed by atoms with Crippen LogP contribution < -0.4 is 5.32 Å².